The fourth-order valence-electron chi connectivity index (χ4n) is 2.69. The van der Waals surface area contributed by atoms with E-state index in [1.165, 1.54) is 16.7 Å². The molecule has 1 fully saturated rings. The van der Waals surface area contributed by atoms with Crippen LogP contribution < -0.4 is 5.32 Å². The number of piperazine rings is 1. The summed E-state index contributed by atoms with van der Waals surface area (Å²) < 4.78 is 0. The number of benzene rings is 1. The first kappa shape index (κ1) is 13.5. The first-order chi connectivity index (χ1) is 8.70. The Morgan fingerprint density at radius 1 is 1.28 bits per heavy atom. The number of nitrogens with one attached hydrogen (secondary N) is 1. The van der Waals surface area contributed by atoms with Crippen molar-refractivity contribution < 1.29 is 5.11 Å². The van der Waals surface area contributed by atoms with Crippen LogP contribution in [-0.2, 0) is 6.42 Å². The fraction of sp³-hybridized carbons (Fsp3) is 0.600. The van der Waals surface area contributed by atoms with Crippen LogP contribution in [0, 0.1) is 13.8 Å². The molecule has 0 amide bonds. The van der Waals surface area contributed by atoms with Crippen LogP contribution in [0.4, 0.5) is 0 Å². The zero-order valence-corrected chi connectivity index (χ0v) is 11.4. The lowest BCUT2D eigenvalue weighted by Gasteiger charge is -2.34. The molecule has 2 rings (SSSR count). The first-order valence-electron chi connectivity index (χ1n) is 6.82. The highest BCUT2D eigenvalue weighted by Crippen LogP contribution is 2.15. The van der Waals surface area contributed by atoms with Gasteiger partial charge in [-0.25, -0.2) is 0 Å². The van der Waals surface area contributed by atoms with Gasteiger partial charge in [0.1, 0.15) is 0 Å². The van der Waals surface area contributed by atoms with Gasteiger partial charge in [-0.1, -0.05) is 23.8 Å². The minimum atomic E-state index is 0.243. The maximum Gasteiger partial charge on any atom is 0.0590 e. The van der Waals surface area contributed by atoms with Crippen LogP contribution in [0.25, 0.3) is 0 Å². The van der Waals surface area contributed by atoms with Crippen molar-refractivity contribution in [1.29, 1.82) is 0 Å². The van der Waals surface area contributed by atoms with Gasteiger partial charge in [0.05, 0.1) is 6.61 Å². The molecule has 0 bridgehead atoms. The predicted molar refractivity (Wildman–Crippen MR) is 74.9 cm³/mol. The minimum absolute atomic E-state index is 0.243. The molecule has 1 aromatic rings. The van der Waals surface area contributed by atoms with Crippen LogP contribution in [0.5, 0.6) is 0 Å². The standard InChI is InChI=1S/C15H24N2O/c1-12-3-4-14(13(2)9-12)10-15(11-18)17-7-5-16-6-8-17/h3-4,9,15-16,18H,5-8,10-11H2,1-2H3. The van der Waals surface area contributed by atoms with E-state index in [1.807, 2.05) is 0 Å². The number of aliphatic hydroxyl groups is 1. The van der Waals surface area contributed by atoms with Gasteiger partial charge in [0.15, 0.2) is 0 Å². The third-order valence-corrected chi connectivity index (χ3v) is 3.83. The van der Waals surface area contributed by atoms with Crippen LogP contribution in [0.2, 0.25) is 0 Å². The van der Waals surface area contributed by atoms with Crippen molar-refractivity contribution in [1.82, 2.24) is 10.2 Å². The summed E-state index contributed by atoms with van der Waals surface area (Å²) in [6.07, 6.45) is 0.947. The molecule has 0 radical (unpaired) electrons. The van der Waals surface area contributed by atoms with E-state index < -0.39 is 0 Å². The van der Waals surface area contributed by atoms with Crippen molar-refractivity contribution in [3.63, 3.8) is 0 Å². The van der Waals surface area contributed by atoms with Crippen molar-refractivity contribution in [2.75, 3.05) is 32.8 Å². The van der Waals surface area contributed by atoms with Crippen molar-refractivity contribution in [2.24, 2.45) is 0 Å². The zero-order chi connectivity index (χ0) is 13.0. The molecule has 0 aromatic heterocycles. The molecule has 1 aliphatic rings. The molecule has 2 N–H and O–H groups in total. The first-order valence-corrected chi connectivity index (χ1v) is 6.82. The maximum absolute atomic E-state index is 9.62. The van der Waals surface area contributed by atoms with Crippen LogP contribution in [0.1, 0.15) is 16.7 Å². The average Bonchev–Trinajstić information content (AvgIpc) is 2.39. The van der Waals surface area contributed by atoms with Gasteiger partial charge in [0, 0.05) is 32.2 Å². The van der Waals surface area contributed by atoms with Crippen molar-refractivity contribution in [3.8, 4) is 0 Å². The quantitative estimate of drug-likeness (QED) is 0.838. The van der Waals surface area contributed by atoms with Crippen molar-refractivity contribution >= 4 is 0 Å². The Balaban J connectivity index is 2.04. The third kappa shape index (κ3) is 3.31. The molecule has 0 saturated carbocycles. The van der Waals surface area contributed by atoms with Crippen LogP contribution in [-0.4, -0.2) is 48.8 Å². The highest BCUT2D eigenvalue weighted by molar-refractivity contribution is 5.31. The molecule has 0 aliphatic carbocycles. The molecule has 3 heteroatoms. The summed E-state index contributed by atoms with van der Waals surface area (Å²) in [6, 6.07) is 6.85. The molecule has 1 atom stereocenters. The topological polar surface area (TPSA) is 35.5 Å². The molecule has 1 heterocycles. The van der Waals surface area contributed by atoms with Gasteiger partial charge in [-0.05, 0) is 31.4 Å². The summed E-state index contributed by atoms with van der Waals surface area (Å²) in [4.78, 5) is 2.40. The summed E-state index contributed by atoms with van der Waals surface area (Å²) in [5.74, 6) is 0. The Morgan fingerprint density at radius 2 is 2.00 bits per heavy atom. The van der Waals surface area contributed by atoms with E-state index in [1.54, 1.807) is 0 Å². The van der Waals surface area contributed by atoms with Crippen molar-refractivity contribution in [3.05, 3.63) is 34.9 Å². The number of hydrogen-bond acceptors (Lipinski definition) is 3. The van der Waals surface area contributed by atoms with Crippen LogP contribution in [0.3, 0.4) is 0 Å². The second-order valence-corrected chi connectivity index (χ2v) is 5.26. The van der Waals surface area contributed by atoms with Gasteiger partial charge in [-0.15, -0.1) is 0 Å². The van der Waals surface area contributed by atoms with Gasteiger partial charge in [-0.3, -0.25) is 4.90 Å². The summed E-state index contributed by atoms with van der Waals surface area (Å²) in [6.45, 7) is 8.66. The van der Waals surface area contributed by atoms with E-state index in [0.29, 0.717) is 0 Å². The summed E-state index contributed by atoms with van der Waals surface area (Å²) in [7, 11) is 0. The second kappa shape index (κ2) is 6.32. The van der Waals surface area contributed by atoms with E-state index in [4.69, 9.17) is 0 Å². The zero-order valence-electron chi connectivity index (χ0n) is 11.4. The molecule has 100 valence electrons. The molecular weight excluding hydrogens is 224 g/mol. The number of rotatable bonds is 4. The van der Waals surface area contributed by atoms with Gasteiger partial charge < -0.3 is 10.4 Å². The summed E-state index contributed by atoms with van der Waals surface area (Å²) in [5.41, 5.74) is 4.00. The van der Waals surface area contributed by atoms with Gasteiger partial charge >= 0.3 is 0 Å². The molecule has 3 nitrogen and oxygen atoms in total. The molecule has 1 saturated heterocycles. The van der Waals surface area contributed by atoms with Crippen LogP contribution >= 0.6 is 0 Å². The van der Waals surface area contributed by atoms with Crippen LogP contribution in [0.15, 0.2) is 18.2 Å². The maximum atomic E-state index is 9.62. The van der Waals surface area contributed by atoms with E-state index in [2.05, 4.69) is 42.3 Å². The van der Waals surface area contributed by atoms with Gasteiger partial charge in [0.25, 0.3) is 0 Å². The normalized spacial score (nSPS) is 18.8. The third-order valence-electron chi connectivity index (χ3n) is 3.83. The Kier molecular flexibility index (Phi) is 4.75. The largest absolute Gasteiger partial charge is 0.395 e. The molecule has 0 spiro atoms. The lowest BCUT2D eigenvalue weighted by Crippen LogP contribution is -2.50. The number of nitrogens with zero attached hydrogens (tertiary/aromatic N) is 1. The predicted octanol–water partition coefficient (Wildman–Crippen LogP) is 1.11. The second-order valence-electron chi connectivity index (χ2n) is 5.26. The SMILES string of the molecule is Cc1ccc(CC(CO)N2CCNCC2)c(C)c1. The van der Waals surface area contributed by atoms with Gasteiger partial charge in [-0.2, -0.15) is 0 Å². The van der Waals surface area contributed by atoms with Gasteiger partial charge in [0.2, 0.25) is 0 Å². The number of aryl methyl sites for hydroxylation is 2. The molecule has 18 heavy (non-hydrogen) atoms. The Labute approximate surface area is 110 Å². The van der Waals surface area contributed by atoms with E-state index in [9.17, 15) is 5.11 Å². The smallest absolute Gasteiger partial charge is 0.0590 e. The lowest BCUT2D eigenvalue weighted by molar-refractivity contribution is 0.110. The average molecular weight is 248 g/mol. The molecule has 1 aromatic carbocycles. The fourth-order valence-corrected chi connectivity index (χ4v) is 2.69. The Hall–Kier alpha value is -0.900. The highest BCUT2D eigenvalue weighted by Gasteiger charge is 2.20. The monoisotopic (exact) mass is 248 g/mol. The molecular formula is C15H24N2O. The lowest BCUT2D eigenvalue weighted by atomic mass is 9.98. The summed E-state index contributed by atoms with van der Waals surface area (Å²) >= 11 is 0. The van der Waals surface area contributed by atoms with E-state index in [-0.39, 0.29) is 12.6 Å². The summed E-state index contributed by atoms with van der Waals surface area (Å²) in [5, 5.41) is 13.0. The van der Waals surface area contributed by atoms with E-state index >= 15 is 0 Å². The Morgan fingerprint density at radius 3 is 2.61 bits per heavy atom. The van der Waals surface area contributed by atoms with E-state index in [0.717, 1.165) is 32.6 Å². The molecule has 1 unspecified atom stereocenters. The van der Waals surface area contributed by atoms with Crippen molar-refractivity contribution in [2.45, 2.75) is 26.3 Å². The number of hydrogen-bond donors (Lipinski definition) is 2. The number of aliphatic hydroxyl groups excluding tert-OH is 1. The molecule has 1 aliphatic heterocycles. The minimum Gasteiger partial charge on any atom is -0.395 e. The Bertz CT molecular complexity index is 386. The highest BCUT2D eigenvalue weighted by atomic mass is 16.3.